The number of carbonyl (C=O) groups excluding carboxylic acids is 1. The fraction of sp³-hybridized carbons (Fsp3) is 0.0769. The molecule has 20 heavy (non-hydrogen) atoms. The van der Waals surface area contributed by atoms with E-state index in [0.717, 1.165) is 0 Å². The van der Waals surface area contributed by atoms with Crippen LogP contribution in [0.4, 0.5) is 5.69 Å². The minimum atomic E-state index is -0.253. The molecular weight excluding hydrogens is 316 g/mol. The first-order valence-electron chi connectivity index (χ1n) is 5.62. The quantitative estimate of drug-likeness (QED) is 0.827. The number of benzene rings is 1. The lowest BCUT2D eigenvalue weighted by Crippen LogP contribution is -2.18. The van der Waals surface area contributed by atoms with Gasteiger partial charge in [-0.3, -0.25) is 4.79 Å². The SMILES string of the molecule is NC(=S)COc1cccc(NC(=O)c2sccc2Cl)c1. The van der Waals surface area contributed by atoms with Crippen LogP contribution in [0.1, 0.15) is 9.67 Å². The van der Waals surface area contributed by atoms with Crippen LogP contribution in [0.15, 0.2) is 35.7 Å². The van der Waals surface area contributed by atoms with Crippen LogP contribution in [-0.2, 0) is 0 Å². The predicted molar refractivity (Wildman–Crippen MR) is 86.0 cm³/mol. The highest BCUT2D eigenvalue weighted by Crippen LogP contribution is 2.24. The van der Waals surface area contributed by atoms with E-state index >= 15 is 0 Å². The van der Waals surface area contributed by atoms with Crippen LogP contribution in [0.25, 0.3) is 0 Å². The van der Waals surface area contributed by atoms with E-state index in [0.29, 0.717) is 21.3 Å². The summed E-state index contributed by atoms with van der Waals surface area (Å²) in [6.07, 6.45) is 0. The topological polar surface area (TPSA) is 64.3 Å². The Kier molecular flexibility index (Phi) is 4.94. The van der Waals surface area contributed by atoms with Gasteiger partial charge in [-0.2, -0.15) is 0 Å². The van der Waals surface area contributed by atoms with E-state index < -0.39 is 0 Å². The number of halogens is 1. The Morgan fingerprint density at radius 2 is 2.25 bits per heavy atom. The van der Waals surface area contributed by atoms with Crippen molar-refractivity contribution < 1.29 is 9.53 Å². The molecule has 0 bridgehead atoms. The Bertz CT molecular complexity index is 643. The molecule has 0 saturated heterocycles. The molecule has 2 aromatic rings. The fourth-order valence-corrected chi connectivity index (χ4v) is 2.56. The summed E-state index contributed by atoms with van der Waals surface area (Å²) in [5, 5.41) is 4.96. The highest BCUT2D eigenvalue weighted by atomic mass is 35.5. The van der Waals surface area contributed by atoms with Crippen molar-refractivity contribution in [2.45, 2.75) is 0 Å². The van der Waals surface area contributed by atoms with E-state index in [1.54, 1.807) is 35.7 Å². The molecule has 0 spiro atoms. The molecule has 1 aromatic heterocycles. The number of hydrogen-bond donors (Lipinski definition) is 2. The number of hydrogen-bond acceptors (Lipinski definition) is 4. The van der Waals surface area contributed by atoms with E-state index in [9.17, 15) is 4.79 Å². The van der Waals surface area contributed by atoms with Crippen molar-refractivity contribution in [2.24, 2.45) is 5.73 Å². The Balaban J connectivity index is 2.06. The maximum Gasteiger partial charge on any atom is 0.267 e. The Morgan fingerprint density at radius 3 is 2.90 bits per heavy atom. The summed E-state index contributed by atoms with van der Waals surface area (Å²) in [6, 6.07) is 8.65. The molecule has 0 fully saturated rings. The van der Waals surface area contributed by atoms with Gasteiger partial charge < -0.3 is 15.8 Å². The zero-order valence-electron chi connectivity index (χ0n) is 10.3. The minimum absolute atomic E-state index is 0.156. The van der Waals surface area contributed by atoms with Gasteiger partial charge in [0.05, 0.1) is 5.02 Å². The Hall–Kier alpha value is -1.63. The van der Waals surface area contributed by atoms with E-state index in [1.807, 2.05) is 0 Å². The molecule has 7 heteroatoms. The first-order valence-corrected chi connectivity index (χ1v) is 7.28. The van der Waals surface area contributed by atoms with Gasteiger partial charge in [-0.15, -0.1) is 11.3 Å². The smallest absolute Gasteiger partial charge is 0.267 e. The van der Waals surface area contributed by atoms with Gasteiger partial charge in [0.15, 0.2) is 0 Å². The first kappa shape index (κ1) is 14.8. The second kappa shape index (κ2) is 6.69. The van der Waals surface area contributed by atoms with E-state index in [-0.39, 0.29) is 17.5 Å². The monoisotopic (exact) mass is 326 g/mol. The average molecular weight is 327 g/mol. The zero-order chi connectivity index (χ0) is 14.5. The molecule has 0 aliphatic rings. The first-order chi connectivity index (χ1) is 9.56. The van der Waals surface area contributed by atoms with Gasteiger partial charge >= 0.3 is 0 Å². The zero-order valence-corrected chi connectivity index (χ0v) is 12.6. The highest BCUT2D eigenvalue weighted by molar-refractivity contribution is 7.80. The molecule has 0 saturated carbocycles. The highest BCUT2D eigenvalue weighted by Gasteiger charge is 2.12. The summed E-state index contributed by atoms with van der Waals surface area (Å²) in [6.45, 7) is 0.156. The van der Waals surface area contributed by atoms with Crippen LogP contribution in [0.2, 0.25) is 5.02 Å². The molecule has 1 amide bonds. The summed E-state index contributed by atoms with van der Waals surface area (Å²) < 4.78 is 5.36. The number of nitrogens with two attached hydrogens (primary N) is 1. The number of nitrogens with one attached hydrogen (secondary N) is 1. The number of anilines is 1. The van der Waals surface area contributed by atoms with Crippen LogP contribution in [-0.4, -0.2) is 17.5 Å². The van der Waals surface area contributed by atoms with Crippen molar-refractivity contribution in [2.75, 3.05) is 11.9 Å². The van der Waals surface area contributed by atoms with Crippen LogP contribution in [0, 0.1) is 0 Å². The second-order valence-corrected chi connectivity index (χ2v) is 5.68. The lowest BCUT2D eigenvalue weighted by molar-refractivity contribution is 0.103. The fourth-order valence-electron chi connectivity index (χ4n) is 1.46. The number of ether oxygens (including phenoxy) is 1. The standard InChI is InChI=1S/C13H11ClN2O2S2/c14-10-4-5-20-12(10)13(17)16-8-2-1-3-9(6-8)18-7-11(15)19/h1-6H,7H2,(H2,15,19)(H,16,17). The third-order valence-corrected chi connectivity index (χ3v) is 3.75. The number of amides is 1. The number of thiophene rings is 1. The molecule has 0 aliphatic carbocycles. The maximum atomic E-state index is 12.0. The Morgan fingerprint density at radius 1 is 1.45 bits per heavy atom. The molecule has 2 rings (SSSR count). The molecule has 0 radical (unpaired) electrons. The molecule has 1 aromatic carbocycles. The molecule has 0 atom stereocenters. The van der Waals surface area contributed by atoms with Crippen molar-refractivity contribution in [3.8, 4) is 5.75 Å². The van der Waals surface area contributed by atoms with Crippen LogP contribution in [0.3, 0.4) is 0 Å². The van der Waals surface area contributed by atoms with Gasteiger partial charge in [0.1, 0.15) is 22.2 Å². The van der Waals surface area contributed by atoms with E-state index in [1.165, 1.54) is 11.3 Å². The van der Waals surface area contributed by atoms with Gasteiger partial charge in [-0.25, -0.2) is 0 Å². The second-order valence-electron chi connectivity index (χ2n) is 3.83. The van der Waals surface area contributed by atoms with Crippen molar-refractivity contribution in [1.29, 1.82) is 0 Å². The molecular formula is C13H11ClN2O2S2. The summed E-state index contributed by atoms with van der Waals surface area (Å²) in [4.78, 5) is 12.7. The maximum absolute atomic E-state index is 12.0. The number of carbonyl (C=O) groups is 1. The van der Waals surface area contributed by atoms with Gasteiger partial charge in [0, 0.05) is 11.8 Å². The van der Waals surface area contributed by atoms with E-state index in [4.69, 9.17) is 34.3 Å². The van der Waals surface area contributed by atoms with Gasteiger partial charge in [0.2, 0.25) is 0 Å². The van der Waals surface area contributed by atoms with Crippen LogP contribution < -0.4 is 15.8 Å². The number of thiocarbonyl (C=S) groups is 1. The molecule has 0 unspecified atom stereocenters. The molecule has 0 aliphatic heterocycles. The van der Waals surface area contributed by atoms with E-state index in [2.05, 4.69) is 5.32 Å². The summed E-state index contributed by atoms with van der Waals surface area (Å²) in [5.41, 5.74) is 5.97. The largest absolute Gasteiger partial charge is 0.486 e. The van der Waals surface area contributed by atoms with Crippen molar-refractivity contribution in [1.82, 2.24) is 0 Å². The lowest BCUT2D eigenvalue weighted by Gasteiger charge is -2.08. The third kappa shape index (κ3) is 3.93. The van der Waals surface area contributed by atoms with Crippen LogP contribution >= 0.6 is 35.2 Å². The minimum Gasteiger partial charge on any atom is -0.486 e. The van der Waals surface area contributed by atoms with Gasteiger partial charge in [0.25, 0.3) is 5.91 Å². The van der Waals surface area contributed by atoms with Crippen molar-refractivity contribution in [3.05, 3.63) is 45.6 Å². The summed E-state index contributed by atoms with van der Waals surface area (Å²) in [5.74, 6) is 0.323. The van der Waals surface area contributed by atoms with Gasteiger partial charge in [-0.1, -0.05) is 29.9 Å². The molecule has 3 N–H and O–H groups in total. The average Bonchev–Trinajstić information content (AvgIpc) is 2.83. The summed E-state index contributed by atoms with van der Waals surface area (Å²) >= 11 is 11.9. The molecule has 4 nitrogen and oxygen atoms in total. The van der Waals surface area contributed by atoms with Crippen molar-refractivity contribution >= 4 is 51.7 Å². The molecule has 1 heterocycles. The van der Waals surface area contributed by atoms with Gasteiger partial charge in [-0.05, 0) is 23.6 Å². The normalized spacial score (nSPS) is 10.1. The molecule has 104 valence electrons. The number of rotatable bonds is 5. The third-order valence-electron chi connectivity index (χ3n) is 2.30. The predicted octanol–water partition coefficient (Wildman–Crippen LogP) is 3.32. The summed E-state index contributed by atoms with van der Waals surface area (Å²) in [7, 11) is 0. The van der Waals surface area contributed by atoms with Crippen LogP contribution in [0.5, 0.6) is 5.75 Å². The van der Waals surface area contributed by atoms with Crippen molar-refractivity contribution in [3.63, 3.8) is 0 Å². The Labute approximate surface area is 130 Å². The lowest BCUT2D eigenvalue weighted by atomic mass is 10.3.